The first kappa shape index (κ1) is 15.0. The number of nitrogens with zero attached hydrogens (tertiary/aromatic N) is 2. The predicted molar refractivity (Wildman–Crippen MR) is 86.1 cm³/mol. The number of carbonyl (C=O) groups is 1. The molecule has 1 fully saturated rings. The van der Waals surface area contributed by atoms with Crippen molar-refractivity contribution in [3.8, 4) is 0 Å². The fourth-order valence-electron chi connectivity index (χ4n) is 2.85. The van der Waals surface area contributed by atoms with Crippen LogP contribution >= 0.6 is 11.3 Å². The number of thiazole rings is 1. The first-order chi connectivity index (χ1) is 10.6. The van der Waals surface area contributed by atoms with Crippen LogP contribution in [0, 0.1) is 12.7 Å². The van der Waals surface area contributed by atoms with Crippen molar-refractivity contribution in [1.82, 2.24) is 9.88 Å². The van der Waals surface area contributed by atoms with Crippen molar-refractivity contribution >= 4 is 22.4 Å². The van der Waals surface area contributed by atoms with Gasteiger partial charge in [-0.05, 0) is 25.0 Å². The average Bonchev–Trinajstić information content (AvgIpc) is 3.14. The van der Waals surface area contributed by atoms with Gasteiger partial charge in [-0.15, -0.1) is 0 Å². The van der Waals surface area contributed by atoms with Crippen LogP contribution < -0.4 is 5.32 Å². The van der Waals surface area contributed by atoms with Crippen LogP contribution in [0.3, 0.4) is 0 Å². The van der Waals surface area contributed by atoms with Gasteiger partial charge >= 0.3 is 0 Å². The summed E-state index contributed by atoms with van der Waals surface area (Å²) >= 11 is 1.37. The van der Waals surface area contributed by atoms with E-state index in [-0.39, 0.29) is 17.6 Å². The molecule has 1 saturated heterocycles. The van der Waals surface area contributed by atoms with E-state index >= 15 is 0 Å². The van der Waals surface area contributed by atoms with Gasteiger partial charge in [0.1, 0.15) is 10.7 Å². The number of benzene rings is 1. The van der Waals surface area contributed by atoms with Crippen LogP contribution in [0.25, 0.3) is 0 Å². The van der Waals surface area contributed by atoms with Crippen molar-refractivity contribution in [3.05, 3.63) is 46.2 Å². The normalized spacial score (nSPS) is 17.8. The average molecular weight is 319 g/mol. The van der Waals surface area contributed by atoms with Crippen LogP contribution in [0.15, 0.2) is 24.3 Å². The second kappa shape index (κ2) is 6.04. The number of likely N-dealkylation sites (tertiary alicyclic amines) is 1. The molecule has 1 aliphatic rings. The third kappa shape index (κ3) is 2.70. The number of hydrogen-bond donors (Lipinski definition) is 1. The van der Waals surface area contributed by atoms with Crippen molar-refractivity contribution in [2.75, 3.05) is 25.5 Å². The largest absolute Gasteiger partial charge is 0.365 e. The molecule has 1 N–H and O–H groups in total. The fourth-order valence-corrected chi connectivity index (χ4v) is 3.74. The van der Waals surface area contributed by atoms with Gasteiger partial charge < -0.3 is 10.2 Å². The lowest BCUT2D eigenvalue weighted by atomic mass is 9.98. The van der Waals surface area contributed by atoms with Gasteiger partial charge in [0.05, 0.1) is 5.69 Å². The van der Waals surface area contributed by atoms with E-state index in [4.69, 9.17) is 0 Å². The van der Waals surface area contributed by atoms with Crippen molar-refractivity contribution < 1.29 is 9.18 Å². The Morgan fingerprint density at radius 3 is 2.91 bits per heavy atom. The zero-order valence-corrected chi connectivity index (χ0v) is 13.4. The predicted octanol–water partition coefficient (Wildman–Crippen LogP) is 3.26. The molecule has 2 heterocycles. The molecule has 0 saturated carbocycles. The third-order valence-corrected chi connectivity index (χ3v) is 5.19. The number of halogens is 1. The van der Waals surface area contributed by atoms with E-state index in [1.165, 1.54) is 17.4 Å². The Hall–Kier alpha value is -1.95. The van der Waals surface area contributed by atoms with E-state index in [1.807, 2.05) is 19.1 Å². The monoisotopic (exact) mass is 319 g/mol. The third-order valence-electron chi connectivity index (χ3n) is 4.03. The molecule has 6 heteroatoms. The molecule has 1 unspecified atom stereocenters. The van der Waals surface area contributed by atoms with Crippen LogP contribution in [0.1, 0.15) is 33.3 Å². The minimum Gasteiger partial charge on any atom is -0.365 e. The number of hydrogen-bond acceptors (Lipinski definition) is 4. The number of aromatic nitrogens is 1. The molecule has 0 radical (unpaired) electrons. The summed E-state index contributed by atoms with van der Waals surface area (Å²) in [5.74, 6) is -0.120. The van der Waals surface area contributed by atoms with Gasteiger partial charge in [-0.3, -0.25) is 4.79 Å². The van der Waals surface area contributed by atoms with Crippen LogP contribution in [-0.2, 0) is 0 Å². The summed E-state index contributed by atoms with van der Waals surface area (Å²) in [5, 5.41) is 3.70. The SMILES string of the molecule is CNc1nc(C)c(C(=O)N2CCC(c3ccccc3F)C2)s1. The maximum Gasteiger partial charge on any atom is 0.265 e. The lowest BCUT2D eigenvalue weighted by molar-refractivity contribution is 0.0794. The summed E-state index contributed by atoms with van der Waals surface area (Å²) in [7, 11) is 1.79. The molecule has 3 rings (SSSR count). The lowest BCUT2D eigenvalue weighted by Crippen LogP contribution is -2.28. The topological polar surface area (TPSA) is 45.2 Å². The summed E-state index contributed by atoms with van der Waals surface area (Å²) in [5.41, 5.74) is 1.45. The van der Waals surface area contributed by atoms with Gasteiger partial charge in [-0.25, -0.2) is 9.37 Å². The Labute approximate surface area is 133 Å². The van der Waals surface area contributed by atoms with Gasteiger partial charge in [0, 0.05) is 26.1 Å². The highest BCUT2D eigenvalue weighted by Crippen LogP contribution is 2.31. The maximum atomic E-state index is 13.9. The number of anilines is 1. The Morgan fingerprint density at radius 2 is 2.23 bits per heavy atom. The van der Waals surface area contributed by atoms with Gasteiger partial charge in [-0.1, -0.05) is 29.5 Å². The molecule has 1 atom stereocenters. The highest BCUT2D eigenvalue weighted by molar-refractivity contribution is 7.17. The highest BCUT2D eigenvalue weighted by Gasteiger charge is 2.31. The zero-order chi connectivity index (χ0) is 15.7. The summed E-state index contributed by atoms with van der Waals surface area (Å²) in [6.45, 7) is 3.06. The maximum absolute atomic E-state index is 13.9. The molecular formula is C16H18FN3OS. The second-order valence-electron chi connectivity index (χ2n) is 5.44. The Bertz CT molecular complexity index is 700. The molecule has 1 aliphatic heterocycles. The van der Waals surface area contributed by atoms with Gasteiger partial charge in [0.2, 0.25) is 0 Å². The quantitative estimate of drug-likeness (QED) is 0.944. The van der Waals surface area contributed by atoms with Gasteiger partial charge in [0.25, 0.3) is 5.91 Å². The Balaban J connectivity index is 1.76. The molecule has 1 amide bonds. The van der Waals surface area contributed by atoms with Crippen LogP contribution in [0.5, 0.6) is 0 Å². The number of rotatable bonds is 3. The molecule has 0 spiro atoms. The Kier molecular flexibility index (Phi) is 4.11. The second-order valence-corrected chi connectivity index (χ2v) is 6.44. The molecule has 22 heavy (non-hydrogen) atoms. The fraction of sp³-hybridized carbons (Fsp3) is 0.375. The van der Waals surface area contributed by atoms with E-state index in [0.29, 0.717) is 23.5 Å². The molecule has 2 aromatic rings. The number of aryl methyl sites for hydroxylation is 1. The molecule has 4 nitrogen and oxygen atoms in total. The van der Waals surface area contributed by atoms with Crippen LogP contribution in [-0.4, -0.2) is 35.9 Å². The van der Waals surface area contributed by atoms with Gasteiger partial charge in [-0.2, -0.15) is 0 Å². The van der Waals surface area contributed by atoms with Crippen LogP contribution in [0.4, 0.5) is 9.52 Å². The smallest absolute Gasteiger partial charge is 0.265 e. The van der Waals surface area contributed by atoms with E-state index in [2.05, 4.69) is 10.3 Å². The summed E-state index contributed by atoms with van der Waals surface area (Å²) in [4.78, 5) is 19.4. The summed E-state index contributed by atoms with van der Waals surface area (Å²) in [6.07, 6.45) is 0.795. The zero-order valence-electron chi connectivity index (χ0n) is 12.6. The summed E-state index contributed by atoms with van der Waals surface area (Å²) < 4.78 is 13.9. The molecule has 0 aliphatic carbocycles. The number of amides is 1. The minimum atomic E-state index is -0.187. The minimum absolute atomic E-state index is 0.00432. The highest BCUT2D eigenvalue weighted by atomic mass is 32.1. The first-order valence-electron chi connectivity index (χ1n) is 7.29. The van der Waals surface area contributed by atoms with E-state index in [9.17, 15) is 9.18 Å². The molecule has 116 valence electrons. The van der Waals surface area contributed by atoms with Crippen molar-refractivity contribution in [1.29, 1.82) is 0 Å². The number of nitrogens with one attached hydrogen (secondary N) is 1. The number of carbonyl (C=O) groups excluding carboxylic acids is 1. The summed E-state index contributed by atoms with van der Waals surface area (Å²) in [6, 6.07) is 6.82. The standard InChI is InChI=1S/C16H18FN3OS/c1-10-14(22-16(18-2)19-10)15(21)20-8-7-11(9-20)12-5-3-4-6-13(12)17/h3-6,11H,7-9H2,1-2H3,(H,18,19). The van der Waals surface area contributed by atoms with Crippen LogP contribution in [0.2, 0.25) is 0 Å². The van der Waals surface area contributed by atoms with E-state index < -0.39 is 0 Å². The van der Waals surface area contributed by atoms with Crippen molar-refractivity contribution in [3.63, 3.8) is 0 Å². The van der Waals surface area contributed by atoms with Crippen molar-refractivity contribution in [2.24, 2.45) is 0 Å². The van der Waals surface area contributed by atoms with E-state index in [1.54, 1.807) is 18.0 Å². The first-order valence-corrected chi connectivity index (χ1v) is 8.10. The van der Waals surface area contributed by atoms with Crippen molar-refractivity contribution in [2.45, 2.75) is 19.3 Å². The van der Waals surface area contributed by atoms with E-state index in [0.717, 1.165) is 17.2 Å². The molecule has 0 bridgehead atoms. The molecular weight excluding hydrogens is 301 g/mol. The Morgan fingerprint density at radius 1 is 1.45 bits per heavy atom. The molecule has 1 aromatic heterocycles. The van der Waals surface area contributed by atoms with Gasteiger partial charge in [0.15, 0.2) is 5.13 Å². The molecule has 1 aromatic carbocycles. The lowest BCUT2D eigenvalue weighted by Gasteiger charge is -2.16.